The van der Waals surface area contributed by atoms with Gasteiger partial charge in [-0.2, -0.15) is 0 Å². The topological polar surface area (TPSA) is 177 Å². The molecular weight excluding hydrogens is 1050 g/mol. The van der Waals surface area contributed by atoms with Crippen LogP contribution in [0.4, 0.5) is 9.59 Å². The number of carbonyl (C=O) groups is 3. The molecule has 2 fully saturated rings. The Morgan fingerprint density at radius 1 is 0.457 bits per heavy atom. The molecule has 6 aromatic carbocycles. The molecule has 2 N–H and O–H groups in total. The molecule has 2 heterocycles. The minimum Gasteiger partial charge on any atom is -0.457 e. The van der Waals surface area contributed by atoms with Crippen molar-refractivity contribution in [2.45, 2.75) is 147 Å². The van der Waals surface area contributed by atoms with Gasteiger partial charge in [-0.3, -0.25) is 4.79 Å². The Balaban J connectivity index is 1.23. The lowest BCUT2D eigenvalue weighted by atomic mass is 9.94. The van der Waals surface area contributed by atoms with Crippen LogP contribution in [0.1, 0.15) is 61.1 Å². The average molecular weight is 1130 g/mol. The van der Waals surface area contributed by atoms with Gasteiger partial charge in [0.05, 0.1) is 39.6 Å². The number of carbonyl (C=O) groups excluding carboxylic acids is 3. The minimum atomic E-state index is -2.74. The first-order chi connectivity index (χ1) is 39.2. The van der Waals surface area contributed by atoms with Crippen molar-refractivity contribution < 1.29 is 66.2 Å². The summed E-state index contributed by atoms with van der Waals surface area (Å²) in [5.41, 5.74) is 4.97. The summed E-state index contributed by atoms with van der Waals surface area (Å²) < 4.78 is 73.5. The van der Waals surface area contributed by atoms with Crippen molar-refractivity contribution in [1.29, 1.82) is 0 Å². The fraction of sp³-hybridized carbons (Fsp3) is 0.391. The molecule has 0 bridgehead atoms. The second-order valence-corrected chi connectivity index (χ2v) is 26.4. The van der Waals surface area contributed by atoms with Gasteiger partial charge >= 0.3 is 18.2 Å². The maximum absolute atomic E-state index is 14.4. The normalized spacial score (nSPS) is 22.9. The summed E-state index contributed by atoms with van der Waals surface area (Å²) in [7, 11) is -2.74. The molecule has 81 heavy (non-hydrogen) atoms. The zero-order valence-corrected chi connectivity index (χ0v) is 48.0. The third-order valence-electron chi connectivity index (χ3n) is 14.5. The molecule has 2 amide bonds. The first kappa shape index (κ1) is 60.3. The SMILES string of the molecule is CC(=O)O[C@H]1[C@H](OCc2ccccc2)[C@@H](NC(=O)OCc2ccccc2)[C@H](O[C@H]2[C@H](OCc3ccccc3)[C@@H](NC(=O)OCc3ccccc3)[C@H](O[Si](C)(C)C(C)(C)C)O[C@@H]2COCc2ccccc2)O[C@@H]1COCc1ccccc1. The van der Waals surface area contributed by atoms with Gasteiger partial charge in [0, 0.05) is 6.92 Å². The number of esters is 1. The van der Waals surface area contributed by atoms with Crippen molar-refractivity contribution >= 4 is 26.5 Å². The molecule has 0 aliphatic carbocycles. The van der Waals surface area contributed by atoms with E-state index in [2.05, 4.69) is 44.5 Å². The first-order valence-electron chi connectivity index (χ1n) is 27.5. The van der Waals surface area contributed by atoms with Gasteiger partial charge in [-0.05, 0) is 51.5 Å². The number of hydrogen-bond donors (Lipinski definition) is 2. The Hall–Kier alpha value is -6.77. The van der Waals surface area contributed by atoms with Crippen LogP contribution in [0.3, 0.4) is 0 Å². The summed E-state index contributed by atoms with van der Waals surface area (Å²) in [4.78, 5) is 42.0. The van der Waals surface area contributed by atoms with Crippen LogP contribution < -0.4 is 10.6 Å². The highest BCUT2D eigenvalue weighted by Crippen LogP contribution is 2.41. The van der Waals surface area contributed by atoms with E-state index in [0.717, 1.165) is 33.4 Å². The Kier molecular flexibility index (Phi) is 22.2. The molecule has 17 heteroatoms. The summed E-state index contributed by atoms with van der Waals surface area (Å²) >= 11 is 0. The summed E-state index contributed by atoms with van der Waals surface area (Å²) in [6.45, 7) is 12.1. The third-order valence-corrected chi connectivity index (χ3v) is 18.9. The molecule has 0 unspecified atom stereocenters. The summed E-state index contributed by atoms with van der Waals surface area (Å²) in [5.74, 6) is -0.624. The second kappa shape index (κ2) is 29.8. The summed E-state index contributed by atoms with van der Waals surface area (Å²) in [6.07, 6.45) is -10.9. The molecule has 2 saturated heterocycles. The van der Waals surface area contributed by atoms with Crippen molar-refractivity contribution in [3.05, 3.63) is 215 Å². The smallest absolute Gasteiger partial charge is 0.407 e. The van der Waals surface area contributed by atoms with Crippen LogP contribution in [0.25, 0.3) is 0 Å². The zero-order chi connectivity index (χ0) is 57.0. The largest absolute Gasteiger partial charge is 0.457 e. The number of alkyl carbamates (subject to hydrolysis) is 2. The monoisotopic (exact) mass is 1120 g/mol. The fourth-order valence-electron chi connectivity index (χ4n) is 9.18. The van der Waals surface area contributed by atoms with Crippen molar-refractivity contribution in [1.82, 2.24) is 10.6 Å². The Bertz CT molecular complexity index is 2820. The van der Waals surface area contributed by atoms with Crippen molar-refractivity contribution in [3.63, 3.8) is 0 Å². The van der Waals surface area contributed by atoms with Gasteiger partial charge in [0.2, 0.25) is 0 Å². The second-order valence-electron chi connectivity index (χ2n) is 21.6. The number of benzene rings is 6. The predicted molar refractivity (Wildman–Crippen MR) is 305 cm³/mol. The van der Waals surface area contributed by atoms with Crippen LogP contribution in [0, 0.1) is 0 Å². The highest BCUT2D eigenvalue weighted by atomic mass is 28.4. The predicted octanol–water partition coefficient (Wildman–Crippen LogP) is 11.0. The maximum atomic E-state index is 14.4. The van der Waals surface area contributed by atoms with E-state index < -0.39 is 87.8 Å². The molecule has 10 atom stereocenters. The van der Waals surface area contributed by atoms with Gasteiger partial charge < -0.3 is 62.4 Å². The van der Waals surface area contributed by atoms with E-state index in [1.165, 1.54) is 6.92 Å². The van der Waals surface area contributed by atoms with Crippen LogP contribution in [-0.4, -0.2) is 101 Å². The molecule has 0 radical (unpaired) electrons. The molecule has 0 aromatic heterocycles. The molecular formula is C64H76N2O14Si. The lowest BCUT2D eigenvalue weighted by Gasteiger charge is -2.51. The quantitative estimate of drug-likeness (QED) is 0.0314. The number of hydrogen-bond acceptors (Lipinski definition) is 14. The number of ether oxygens (including phenoxy) is 10. The highest BCUT2D eigenvalue weighted by molar-refractivity contribution is 6.74. The van der Waals surface area contributed by atoms with Crippen molar-refractivity contribution in [2.75, 3.05) is 13.2 Å². The summed E-state index contributed by atoms with van der Waals surface area (Å²) in [5, 5.41) is 5.81. The first-order valence-corrected chi connectivity index (χ1v) is 30.4. The zero-order valence-electron chi connectivity index (χ0n) is 47.0. The van der Waals surface area contributed by atoms with Gasteiger partial charge in [-0.15, -0.1) is 0 Å². The van der Waals surface area contributed by atoms with Gasteiger partial charge in [-0.1, -0.05) is 203 Å². The van der Waals surface area contributed by atoms with E-state index in [9.17, 15) is 14.4 Å². The Morgan fingerprint density at radius 2 is 0.790 bits per heavy atom. The molecule has 2 aliphatic rings. The molecule has 16 nitrogen and oxygen atoms in total. The minimum absolute atomic E-state index is 0.0231. The standard InChI is InChI=1S/C64H76N2O14Si/c1-45(67)76-56-52(43-70-37-46-25-13-7-14-26-46)77-60(54(58(56)72-39-48-29-17-9-18-30-48)65-62(68)74-41-50-33-21-11-22-34-50)79-57-53(44-71-38-47-27-15-8-16-28-47)78-61(80-81(5,6)64(2,3)4)55(59(57)73-40-49-31-19-10-20-32-49)66-63(69)75-42-51-35-23-12-24-36-51/h7-36,52-61H,37-44H2,1-6H3,(H,65,68)(H,66,69)/t52-,53-,54-,55-,56-,57-,58-,59-,60+,61+/m1/s1. The van der Waals surface area contributed by atoms with Crippen LogP contribution in [0.5, 0.6) is 0 Å². The van der Waals surface area contributed by atoms with Crippen LogP contribution in [0.15, 0.2) is 182 Å². The van der Waals surface area contributed by atoms with Gasteiger partial charge in [-0.25, -0.2) is 9.59 Å². The van der Waals surface area contributed by atoms with E-state index in [-0.39, 0.29) is 57.9 Å². The summed E-state index contributed by atoms with van der Waals surface area (Å²) in [6, 6.07) is 54.7. The van der Waals surface area contributed by atoms with Gasteiger partial charge in [0.1, 0.15) is 55.8 Å². The van der Waals surface area contributed by atoms with E-state index in [0.29, 0.717) is 0 Å². The van der Waals surface area contributed by atoms with E-state index in [1.807, 2.05) is 182 Å². The fourth-order valence-corrected chi connectivity index (χ4v) is 10.3. The van der Waals surface area contributed by atoms with Crippen LogP contribution in [0.2, 0.25) is 18.1 Å². The lowest BCUT2D eigenvalue weighted by Crippen LogP contribution is -2.71. The molecule has 2 aliphatic heterocycles. The highest BCUT2D eigenvalue weighted by Gasteiger charge is 2.56. The van der Waals surface area contributed by atoms with E-state index in [4.69, 9.17) is 51.8 Å². The van der Waals surface area contributed by atoms with Crippen molar-refractivity contribution in [3.8, 4) is 0 Å². The molecule has 0 spiro atoms. The van der Waals surface area contributed by atoms with Crippen LogP contribution >= 0.6 is 0 Å². The van der Waals surface area contributed by atoms with Crippen LogP contribution in [-0.2, 0) is 96.2 Å². The van der Waals surface area contributed by atoms with Gasteiger partial charge in [0.15, 0.2) is 27.0 Å². The maximum Gasteiger partial charge on any atom is 0.407 e. The number of amides is 2. The van der Waals surface area contributed by atoms with Gasteiger partial charge in [0.25, 0.3) is 0 Å². The van der Waals surface area contributed by atoms with E-state index >= 15 is 0 Å². The molecule has 0 saturated carbocycles. The Labute approximate surface area is 476 Å². The number of rotatable bonds is 25. The molecule has 430 valence electrons. The number of nitrogens with one attached hydrogen (secondary N) is 2. The third kappa shape index (κ3) is 18.1. The van der Waals surface area contributed by atoms with E-state index in [1.54, 1.807) is 0 Å². The lowest BCUT2D eigenvalue weighted by molar-refractivity contribution is -0.336. The average Bonchev–Trinajstić information content (AvgIpc) is 3.64. The molecule has 6 aromatic rings. The molecule has 8 rings (SSSR count). The van der Waals surface area contributed by atoms with Crippen molar-refractivity contribution in [2.24, 2.45) is 0 Å². The Morgan fingerprint density at radius 3 is 1.17 bits per heavy atom.